The van der Waals surface area contributed by atoms with Gasteiger partial charge >= 0.3 is 5.97 Å². The van der Waals surface area contributed by atoms with Crippen LogP contribution < -0.4 is 10.5 Å². The molecule has 8 nitrogen and oxygen atoms in total. The number of carbonyl (C=O) groups is 2. The van der Waals surface area contributed by atoms with Crippen molar-refractivity contribution < 1.29 is 23.1 Å². The molecule has 0 saturated heterocycles. The van der Waals surface area contributed by atoms with Gasteiger partial charge in [0, 0.05) is 19.5 Å². The Morgan fingerprint density at radius 3 is 2.22 bits per heavy atom. The van der Waals surface area contributed by atoms with Crippen molar-refractivity contribution in [2.75, 3.05) is 7.05 Å². The number of nitrogens with two attached hydrogens (primary N) is 1. The van der Waals surface area contributed by atoms with Crippen LogP contribution in [0.3, 0.4) is 0 Å². The average molecular weight is 281 g/mol. The van der Waals surface area contributed by atoms with Crippen molar-refractivity contribution >= 4 is 22.1 Å². The van der Waals surface area contributed by atoms with Crippen LogP contribution in [0.25, 0.3) is 0 Å². The van der Waals surface area contributed by atoms with Gasteiger partial charge in [-0.2, -0.15) is 17.4 Å². The lowest BCUT2D eigenvalue weighted by atomic mass is 10.2. The zero-order valence-corrected chi connectivity index (χ0v) is 11.4. The molecule has 18 heavy (non-hydrogen) atoms. The minimum atomic E-state index is -3.90. The van der Waals surface area contributed by atoms with E-state index in [1.165, 1.54) is 7.05 Å². The van der Waals surface area contributed by atoms with E-state index >= 15 is 0 Å². The van der Waals surface area contributed by atoms with Gasteiger partial charge in [0.05, 0.1) is 0 Å². The van der Waals surface area contributed by atoms with Crippen molar-refractivity contribution in [3.05, 3.63) is 0 Å². The Kier molecular flexibility index (Phi) is 6.22. The van der Waals surface area contributed by atoms with Gasteiger partial charge < -0.3 is 10.8 Å². The van der Waals surface area contributed by atoms with Gasteiger partial charge in [0.1, 0.15) is 6.04 Å². The Morgan fingerprint density at radius 1 is 1.39 bits per heavy atom. The second kappa shape index (κ2) is 6.66. The van der Waals surface area contributed by atoms with E-state index in [1.807, 2.05) is 4.72 Å². The first-order valence-electron chi connectivity index (χ1n) is 5.34. The third kappa shape index (κ3) is 5.43. The molecule has 0 aromatic heterocycles. The summed E-state index contributed by atoms with van der Waals surface area (Å²) in [6, 6.07) is -1.68. The van der Waals surface area contributed by atoms with Crippen LogP contribution in [-0.2, 0) is 19.8 Å². The van der Waals surface area contributed by atoms with Crippen molar-refractivity contribution in [1.82, 2.24) is 9.03 Å². The number of carboxylic acid groups (broad SMARTS) is 1. The maximum Gasteiger partial charge on any atom is 0.321 e. The van der Waals surface area contributed by atoms with E-state index in [0.29, 0.717) is 0 Å². The van der Waals surface area contributed by atoms with Crippen LogP contribution in [-0.4, -0.2) is 48.8 Å². The molecule has 0 heterocycles. The van der Waals surface area contributed by atoms with Crippen molar-refractivity contribution in [1.29, 1.82) is 0 Å². The molecule has 0 aromatic carbocycles. The average Bonchev–Trinajstić information content (AvgIpc) is 2.22. The first-order valence-corrected chi connectivity index (χ1v) is 6.78. The molecular weight excluding hydrogens is 262 g/mol. The first kappa shape index (κ1) is 16.8. The molecule has 1 atom stereocenters. The summed E-state index contributed by atoms with van der Waals surface area (Å²) >= 11 is 0. The predicted molar refractivity (Wildman–Crippen MR) is 64.8 cm³/mol. The van der Waals surface area contributed by atoms with Crippen molar-refractivity contribution in [2.45, 2.75) is 38.8 Å². The van der Waals surface area contributed by atoms with Gasteiger partial charge in [-0.25, -0.2) is 0 Å². The standard InChI is InChI=1S/C9H19N3O5S/c1-6(2)12(3)18(16,17)11-7(9(14)15)4-5-8(10)13/h6-7,11H,4-5H2,1-3H3,(H2,10,13)(H,14,15)/t7-/m0/s1. The summed E-state index contributed by atoms with van der Waals surface area (Å²) in [7, 11) is -2.57. The number of aliphatic carboxylic acids is 1. The van der Waals surface area contributed by atoms with Crippen LogP contribution in [0.4, 0.5) is 0 Å². The minimum absolute atomic E-state index is 0.185. The summed E-state index contributed by atoms with van der Waals surface area (Å²) in [4.78, 5) is 21.5. The summed E-state index contributed by atoms with van der Waals surface area (Å²) in [6.45, 7) is 3.30. The number of hydrogen-bond acceptors (Lipinski definition) is 4. The van der Waals surface area contributed by atoms with Crippen molar-refractivity contribution in [3.8, 4) is 0 Å². The highest BCUT2D eigenvalue weighted by Gasteiger charge is 2.28. The lowest BCUT2D eigenvalue weighted by Gasteiger charge is -2.23. The maximum atomic E-state index is 11.8. The summed E-state index contributed by atoms with van der Waals surface area (Å²) in [5.74, 6) is -2.03. The van der Waals surface area contributed by atoms with Crippen LogP contribution in [0, 0.1) is 0 Å². The lowest BCUT2D eigenvalue weighted by molar-refractivity contribution is -0.139. The fourth-order valence-corrected chi connectivity index (χ4v) is 2.36. The molecule has 0 radical (unpaired) electrons. The molecule has 0 fully saturated rings. The summed E-state index contributed by atoms with van der Waals surface area (Å²) in [5, 5.41) is 8.87. The molecule has 0 spiro atoms. The summed E-state index contributed by atoms with van der Waals surface area (Å²) in [5.41, 5.74) is 4.89. The van der Waals surface area contributed by atoms with Gasteiger partial charge in [-0.3, -0.25) is 9.59 Å². The smallest absolute Gasteiger partial charge is 0.321 e. The van der Waals surface area contributed by atoms with Crippen LogP contribution >= 0.6 is 0 Å². The zero-order chi connectivity index (χ0) is 14.5. The second-order valence-corrected chi connectivity index (χ2v) is 5.89. The molecule has 106 valence electrons. The molecule has 0 aliphatic rings. The molecule has 0 aliphatic heterocycles. The van der Waals surface area contributed by atoms with E-state index in [-0.39, 0.29) is 18.9 Å². The van der Waals surface area contributed by atoms with E-state index in [2.05, 4.69) is 0 Å². The van der Waals surface area contributed by atoms with Crippen LogP contribution in [0.15, 0.2) is 0 Å². The monoisotopic (exact) mass is 281 g/mol. The number of rotatable bonds is 8. The topological polar surface area (TPSA) is 130 Å². The maximum absolute atomic E-state index is 11.8. The highest BCUT2D eigenvalue weighted by molar-refractivity contribution is 7.87. The van der Waals surface area contributed by atoms with Crippen molar-refractivity contribution in [2.24, 2.45) is 5.73 Å². The van der Waals surface area contributed by atoms with E-state index in [9.17, 15) is 18.0 Å². The normalized spacial score (nSPS) is 13.8. The van der Waals surface area contributed by atoms with Gasteiger partial charge in [-0.1, -0.05) is 0 Å². The SMILES string of the molecule is CC(C)N(C)S(=O)(=O)N[C@@H](CCC(N)=O)C(=O)O. The van der Waals surface area contributed by atoms with E-state index in [4.69, 9.17) is 10.8 Å². The van der Waals surface area contributed by atoms with Gasteiger partial charge in [-0.05, 0) is 20.3 Å². The van der Waals surface area contributed by atoms with Gasteiger partial charge in [-0.15, -0.1) is 0 Å². The predicted octanol–water partition coefficient (Wildman–Crippen LogP) is -1.12. The van der Waals surface area contributed by atoms with Crippen LogP contribution in [0.2, 0.25) is 0 Å². The van der Waals surface area contributed by atoms with Crippen molar-refractivity contribution in [3.63, 3.8) is 0 Å². The minimum Gasteiger partial charge on any atom is -0.480 e. The number of nitrogens with zero attached hydrogens (tertiary/aromatic N) is 1. The lowest BCUT2D eigenvalue weighted by Crippen LogP contribution is -2.49. The molecule has 0 aromatic rings. The molecule has 0 bridgehead atoms. The third-order valence-corrected chi connectivity index (χ3v) is 4.14. The largest absolute Gasteiger partial charge is 0.480 e. The van der Waals surface area contributed by atoms with Gasteiger partial charge in [0.25, 0.3) is 10.2 Å². The molecule has 0 rings (SSSR count). The number of carboxylic acids is 1. The van der Waals surface area contributed by atoms with Gasteiger partial charge in [0.15, 0.2) is 0 Å². The fourth-order valence-electron chi connectivity index (χ4n) is 1.06. The number of nitrogens with one attached hydrogen (secondary N) is 1. The van der Waals surface area contributed by atoms with E-state index in [1.54, 1.807) is 13.8 Å². The molecular formula is C9H19N3O5S. The number of primary amides is 1. The second-order valence-electron chi connectivity index (χ2n) is 4.13. The number of carbonyl (C=O) groups excluding carboxylic acids is 1. The Balaban J connectivity index is 4.78. The third-order valence-electron chi connectivity index (χ3n) is 2.38. The zero-order valence-electron chi connectivity index (χ0n) is 10.6. The number of hydrogen-bond donors (Lipinski definition) is 3. The summed E-state index contributed by atoms with van der Waals surface area (Å²) < 4.78 is 26.6. The first-order chi connectivity index (χ1) is 8.08. The highest BCUT2D eigenvalue weighted by atomic mass is 32.2. The fraction of sp³-hybridized carbons (Fsp3) is 0.778. The molecule has 0 unspecified atom stereocenters. The number of amides is 1. The Hall–Kier alpha value is -1.19. The molecule has 0 aliphatic carbocycles. The molecule has 0 saturated carbocycles. The summed E-state index contributed by atoms with van der Waals surface area (Å²) in [6.07, 6.45) is -0.388. The molecule has 9 heteroatoms. The van der Waals surface area contributed by atoms with Gasteiger partial charge in [0.2, 0.25) is 5.91 Å². The van der Waals surface area contributed by atoms with E-state index in [0.717, 1.165) is 4.31 Å². The molecule has 1 amide bonds. The molecule has 4 N–H and O–H groups in total. The quantitative estimate of drug-likeness (QED) is 0.519. The Labute approximate surface area is 106 Å². The van der Waals surface area contributed by atoms with Crippen LogP contribution in [0.1, 0.15) is 26.7 Å². The highest BCUT2D eigenvalue weighted by Crippen LogP contribution is 2.05. The Bertz CT molecular complexity index is 406. The van der Waals surface area contributed by atoms with Crippen LogP contribution in [0.5, 0.6) is 0 Å². The van der Waals surface area contributed by atoms with E-state index < -0.39 is 28.1 Å². The Morgan fingerprint density at radius 2 is 1.89 bits per heavy atom.